The molecule has 0 saturated heterocycles. The van der Waals surface area contributed by atoms with Crippen molar-refractivity contribution in [2.75, 3.05) is 14.2 Å². The molecular formula is C20H17NO3. The highest BCUT2D eigenvalue weighted by Crippen LogP contribution is 2.36. The first-order chi connectivity index (χ1) is 11.7. The van der Waals surface area contributed by atoms with E-state index in [1.807, 2.05) is 42.5 Å². The Labute approximate surface area is 139 Å². The van der Waals surface area contributed by atoms with E-state index >= 15 is 0 Å². The summed E-state index contributed by atoms with van der Waals surface area (Å²) in [6, 6.07) is 16.2. The standard InChI is InChI=1S/C20H17NO3/c1-23-16-7-8-18-14(10-16)11-19-17-6-4-3-5-13(17)9-15(12-21(18)19)20(22)24-2/h3-11H,12H2,1-2H3. The van der Waals surface area contributed by atoms with Crippen LogP contribution in [-0.4, -0.2) is 24.8 Å². The van der Waals surface area contributed by atoms with Gasteiger partial charge in [-0.2, -0.15) is 0 Å². The highest BCUT2D eigenvalue weighted by Gasteiger charge is 2.21. The van der Waals surface area contributed by atoms with Gasteiger partial charge in [-0.15, -0.1) is 0 Å². The summed E-state index contributed by atoms with van der Waals surface area (Å²) in [4.78, 5) is 12.2. The molecule has 2 heterocycles. The number of esters is 1. The second-order valence-electron chi connectivity index (χ2n) is 5.79. The molecule has 0 bridgehead atoms. The summed E-state index contributed by atoms with van der Waals surface area (Å²) in [5, 5.41) is 1.09. The SMILES string of the molecule is COC(=O)C1=Cc2ccccc2-c2cc3cc(OC)ccc3n2C1. The van der Waals surface area contributed by atoms with Crippen molar-refractivity contribution in [1.29, 1.82) is 0 Å². The number of hydrogen-bond acceptors (Lipinski definition) is 3. The highest BCUT2D eigenvalue weighted by molar-refractivity contribution is 5.98. The van der Waals surface area contributed by atoms with Crippen molar-refractivity contribution in [2.24, 2.45) is 0 Å². The molecule has 24 heavy (non-hydrogen) atoms. The predicted octanol–water partition coefficient (Wildman–Crippen LogP) is 3.89. The quantitative estimate of drug-likeness (QED) is 0.673. The van der Waals surface area contributed by atoms with Gasteiger partial charge in [-0.05, 0) is 35.9 Å². The molecule has 0 amide bonds. The largest absolute Gasteiger partial charge is 0.497 e. The van der Waals surface area contributed by atoms with Crippen molar-refractivity contribution >= 4 is 22.9 Å². The van der Waals surface area contributed by atoms with Crippen LogP contribution in [0.15, 0.2) is 54.1 Å². The number of carbonyl (C=O) groups excluding carboxylic acids is 1. The molecule has 1 aromatic heterocycles. The lowest BCUT2D eigenvalue weighted by molar-refractivity contribution is -0.136. The normalized spacial score (nSPS) is 12.8. The zero-order valence-corrected chi connectivity index (χ0v) is 13.6. The van der Waals surface area contributed by atoms with E-state index in [9.17, 15) is 4.79 Å². The van der Waals surface area contributed by atoms with E-state index in [-0.39, 0.29) is 5.97 Å². The summed E-state index contributed by atoms with van der Waals surface area (Å²) >= 11 is 0. The number of aromatic nitrogens is 1. The van der Waals surface area contributed by atoms with E-state index in [4.69, 9.17) is 9.47 Å². The number of fused-ring (bicyclic) bond motifs is 5. The van der Waals surface area contributed by atoms with Gasteiger partial charge in [0, 0.05) is 16.5 Å². The number of hydrogen-bond donors (Lipinski definition) is 0. The lowest BCUT2D eigenvalue weighted by Crippen LogP contribution is -2.10. The Hall–Kier alpha value is -3.01. The van der Waals surface area contributed by atoms with Crippen molar-refractivity contribution in [3.8, 4) is 17.0 Å². The first-order valence-electron chi connectivity index (χ1n) is 7.77. The Balaban J connectivity index is 2.01. The van der Waals surface area contributed by atoms with E-state index < -0.39 is 0 Å². The van der Waals surface area contributed by atoms with Gasteiger partial charge in [0.05, 0.1) is 32.0 Å². The fraction of sp³-hybridized carbons (Fsp3) is 0.150. The molecule has 2 aromatic carbocycles. The maximum Gasteiger partial charge on any atom is 0.335 e. The van der Waals surface area contributed by atoms with Crippen molar-refractivity contribution in [3.05, 3.63) is 59.7 Å². The van der Waals surface area contributed by atoms with Crippen LogP contribution in [0.25, 0.3) is 28.2 Å². The van der Waals surface area contributed by atoms with Gasteiger partial charge in [-0.25, -0.2) is 4.79 Å². The van der Waals surface area contributed by atoms with E-state index in [0.29, 0.717) is 12.1 Å². The van der Waals surface area contributed by atoms with Gasteiger partial charge in [0.2, 0.25) is 0 Å². The minimum absolute atomic E-state index is 0.298. The second-order valence-corrected chi connectivity index (χ2v) is 5.79. The van der Waals surface area contributed by atoms with Gasteiger partial charge in [0.25, 0.3) is 0 Å². The molecule has 1 aliphatic heterocycles. The van der Waals surface area contributed by atoms with Crippen LogP contribution in [0.1, 0.15) is 5.56 Å². The highest BCUT2D eigenvalue weighted by atomic mass is 16.5. The molecule has 0 spiro atoms. The zero-order valence-electron chi connectivity index (χ0n) is 13.6. The molecule has 4 nitrogen and oxygen atoms in total. The van der Waals surface area contributed by atoms with Crippen LogP contribution in [0.2, 0.25) is 0 Å². The molecule has 0 atom stereocenters. The van der Waals surface area contributed by atoms with Crippen LogP contribution in [0.5, 0.6) is 5.75 Å². The van der Waals surface area contributed by atoms with E-state index in [1.165, 1.54) is 7.11 Å². The minimum Gasteiger partial charge on any atom is -0.497 e. The molecule has 120 valence electrons. The number of rotatable bonds is 2. The molecule has 4 rings (SSSR count). The van der Waals surface area contributed by atoms with Crippen LogP contribution < -0.4 is 4.74 Å². The summed E-state index contributed by atoms with van der Waals surface area (Å²) < 4.78 is 12.4. The average Bonchev–Trinajstić information content (AvgIpc) is 2.89. The Bertz CT molecular complexity index is 982. The first kappa shape index (κ1) is 14.6. The zero-order chi connectivity index (χ0) is 16.7. The summed E-state index contributed by atoms with van der Waals surface area (Å²) in [5.41, 5.74) is 4.91. The van der Waals surface area contributed by atoms with Gasteiger partial charge in [-0.3, -0.25) is 0 Å². The molecule has 3 aromatic rings. The van der Waals surface area contributed by atoms with Crippen LogP contribution in [0, 0.1) is 0 Å². The molecular weight excluding hydrogens is 302 g/mol. The Morgan fingerprint density at radius 3 is 2.71 bits per heavy atom. The molecule has 0 fully saturated rings. The summed E-state index contributed by atoms with van der Waals surface area (Å²) in [6.45, 7) is 0.479. The predicted molar refractivity (Wildman–Crippen MR) is 93.9 cm³/mol. The molecule has 1 aliphatic rings. The number of methoxy groups -OCH3 is 2. The smallest absolute Gasteiger partial charge is 0.335 e. The molecule has 0 radical (unpaired) electrons. The maximum atomic E-state index is 12.2. The molecule has 0 unspecified atom stereocenters. The van der Waals surface area contributed by atoms with Crippen molar-refractivity contribution in [3.63, 3.8) is 0 Å². The minimum atomic E-state index is -0.298. The third-order valence-corrected chi connectivity index (χ3v) is 4.45. The monoisotopic (exact) mass is 319 g/mol. The molecule has 0 N–H and O–H groups in total. The Kier molecular flexibility index (Phi) is 3.38. The fourth-order valence-electron chi connectivity index (χ4n) is 3.28. The number of ether oxygens (including phenoxy) is 2. The first-order valence-corrected chi connectivity index (χ1v) is 7.77. The molecule has 0 saturated carbocycles. The van der Waals surface area contributed by atoms with Gasteiger partial charge >= 0.3 is 5.97 Å². The average molecular weight is 319 g/mol. The number of nitrogens with zero attached hydrogens (tertiary/aromatic N) is 1. The van der Waals surface area contributed by atoms with Crippen molar-refractivity contribution in [2.45, 2.75) is 6.54 Å². The van der Waals surface area contributed by atoms with Crippen LogP contribution >= 0.6 is 0 Å². The van der Waals surface area contributed by atoms with Crippen molar-refractivity contribution < 1.29 is 14.3 Å². The van der Waals surface area contributed by atoms with Gasteiger partial charge < -0.3 is 14.0 Å². The van der Waals surface area contributed by atoms with E-state index in [1.54, 1.807) is 7.11 Å². The second kappa shape index (κ2) is 5.57. The van der Waals surface area contributed by atoms with Gasteiger partial charge in [0.15, 0.2) is 0 Å². The Morgan fingerprint density at radius 1 is 1.08 bits per heavy atom. The third-order valence-electron chi connectivity index (χ3n) is 4.45. The van der Waals surface area contributed by atoms with Crippen molar-refractivity contribution in [1.82, 2.24) is 4.57 Å². The summed E-state index contributed by atoms with van der Waals surface area (Å²) in [5.74, 6) is 0.522. The van der Waals surface area contributed by atoms with Crippen LogP contribution in [0.3, 0.4) is 0 Å². The number of carbonyl (C=O) groups is 1. The number of benzene rings is 2. The van der Waals surface area contributed by atoms with Gasteiger partial charge in [0.1, 0.15) is 5.75 Å². The molecule has 0 aliphatic carbocycles. The van der Waals surface area contributed by atoms with Gasteiger partial charge in [-0.1, -0.05) is 24.3 Å². The summed E-state index contributed by atoms with van der Waals surface area (Å²) in [7, 11) is 3.08. The lowest BCUT2D eigenvalue weighted by Gasteiger charge is -2.10. The molecule has 4 heteroatoms. The van der Waals surface area contributed by atoms with E-state index in [0.717, 1.165) is 33.5 Å². The maximum absolute atomic E-state index is 12.2. The van der Waals surface area contributed by atoms with Crippen LogP contribution in [0.4, 0.5) is 0 Å². The summed E-state index contributed by atoms with van der Waals surface area (Å²) in [6.07, 6.45) is 1.92. The fourth-order valence-corrected chi connectivity index (χ4v) is 3.28. The third kappa shape index (κ3) is 2.19. The van der Waals surface area contributed by atoms with E-state index in [2.05, 4.69) is 16.7 Å². The Morgan fingerprint density at radius 2 is 1.92 bits per heavy atom. The lowest BCUT2D eigenvalue weighted by atomic mass is 10.0. The van der Waals surface area contributed by atoms with Crippen LogP contribution in [-0.2, 0) is 16.1 Å². The topological polar surface area (TPSA) is 40.5 Å².